The van der Waals surface area contributed by atoms with E-state index in [1.165, 1.54) is 9.13 Å². The van der Waals surface area contributed by atoms with Crippen LogP contribution in [0.1, 0.15) is 25.6 Å². The van der Waals surface area contributed by atoms with Gasteiger partial charge in [0, 0.05) is 24.1 Å². The normalized spacial score (nSPS) is 20.1. The molecular weight excluding hydrogens is 434 g/mol. The molecule has 1 saturated heterocycles. The van der Waals surface area contributed by atoms with Crippen LogP contribution in [0.15, 0.2) is 64.4 Å². The molecule has 4 aromatic rings. The van der Waals surface area contributed by atoms with E-state index in [2.05, 4.69) is 15.8 Å². The fraction of sp³-hybridized carbons (Fsp3) is 0.280. The molecule has 3 atom stereocenters. The maximum Gasteiger partial charge on any atom is 0.314 e. The van der Waals surface area contributed by atoms with Crippen LogP contribution >= 0.6 is 0 Å². The lowest BCUT2D eigenvalue weighted by Crippen LogP contribution is -2.38. The van der Waals surface area contributed by atoms with Crippen LogP contribution in [0.4, 0.5) is 0 Å². The molecule has 1 fully saturated rings. The van der Waals surface area contributed by atoms with E-state index >= 15 is 0 Å². The summed E-state index contributed by atoms with van der Waals surface area (Å²) in [5.41, 5.74) is 8.26. The Morgan fingerprint density at radius 2 is 1.68 bits per heavy atom. The lowest BCUT2D eigenvalue weighted by molar-refractivity contribution is -0.149. The number of esters is 1. The predicted octanol–water partition coefficient (Wildman–Crippen LogP) is 2.18. The quantitative estimate of drug-likeness (QED) is 0.356. The fourth-order valence-corrected chi connectivity index (χ4v) is 4.45. The molecule has 9 heteroatoms. The minimum Gasteiger partial charge on any atom is -0.466 e. The minimum atomic E-state index is -0.637. The van der Waals surface area contributed by atoms with Gasteiger partial charge in [-0.15, -0.1) is 0 Å². The largest absolute Gasteiger partial charge is 0.466 e. The summed E-state index contributed by atoms with van der Waals surface area (Å²) in [4.78, 5) is 43.9. The highest BCUT2D eigenvalue weighted by molar-refractivity contribution is 5.91. The summed E-state index contributed by atoms with van der Waals surface area (Å²) < 4.78 is 8.21. The number of fused-ring (bicyclic) bond motifs is 2. The van der Waals surface area contributed by atoms with Gasteiger partial charge in [0.1, 0.15) is 12.1 Å². The van der Waals surface area contributed by atoms with Crippen molar-refractivity contribution in [1.29, 1.82) is 0 Å². The number of ether oxygens (including phenoxy) is 1. The maximum atomic E-state index is 13.5. The molecule has 3 unspecified atom stereocenters. The van der Waals surface area contributed by atoms with Crippen molar-refractivity contribution < 1.29 is 9.53 Å². The number of rotatable bonds is 4. The van der Waals surface area contributed by atoms with Crippen LogP contribution in [0.2, 0.25) is 0 Å². The van der Waals surface area contributed by atoms with Crippen LogP contribution in [0.3, 0.4) is 0 Å². The molecular formula is C25H25N5O4. The van der Waals surface area contributed by atoms with Crippen molar-refractivity contribution in [3.8, 4) is 5.69 Å². The third kappa shape index (κ3) is 3.59. The molecule has 0 spiro atoms. The van der Waals surface area contributed by atoms with Gasteiger partial charge >= 0.3 is 5.97 Å². The van der Waals surface area contributed by atoms with E-state index in [9.17, 15) is 14.4 Å². The summed E-state index contributed by atoms with van der Waals surface area (Å²) in [6.45, 7) is 5.83. The number of hydrazine groups is 1. The summed E-state index contributed by atoms with van der Waals surface area (Å²) >= 11 is 0. The van der Waals surface area contributed by atoms with E-state index < -0.39 is 12.1 Å². The third-order valence-corrected chi connectivity index (χ3v) is 6.28. The molecule has 1 aliphatic rings. The highest BCUT2D eigenvalue weighted by atomic mass is 16.5. The molecule has 3 aromatic heterocycles. The Bertz CT molecular complexity index is 1520. The van der Waals surface area contributed by atoms with Crippen LogP contribution < -0.4 is 22.0 Å². The van der Waals surface area contributed by atoms with Crippen LogP contribution in [0.25, 0.3) is 27.5 Å². The van der Waals surface area contributed by atoms with E-state index in [0.29, 0.717) is 21.8 Å². The number of carbonyl (C=O) groups excluding carboxylic acids is 1. The van der Waals surface area contributed by atoms with Gasteiger partial charge in [0.15, 0.2) is 0 Å². The van der Waals surface area contributed by atoms with Gasteiger partial charge in [0.05, 0.1) is 28.4 Å². The number of nitrogens with zero attached hydrogens (tertiary/aromatic N) is 3. The molecule has 174 valence electrons. The number of aryl methyl sites for hydroxylation is 1. The van der Waals surface area contributed by atoms with Crippen molar-refractivity contribution in [2.45, 2.75) is 33.0 Å². The standard InChI is InChI=1S/C25H25N5O4/c1-4-34-25(33)21-15(3)27-28-22(21)30-12-10-20-18(24(30)32)13-17-19(26-20)9-11-29(23(17)31)16-7-5-14(2)6-8-16/h5-13,15,21-22,27-28H,4H2,1-3H3. The summed E-state index contributed by atoms with van der Waals surface area (Å²) in [6, 6.07) is 12.5. The number of nitrogens with one attached hydrogen (secondary N) is 2. The Balaban J connectivity index is 1.65. The average molecular weight is 460 g/mol. The maximum absolute atomic E-state index is 13.5. The molecule has 0 aliphatic carbocycles. The molecule has 34 heavy (non-hydrogen) atoms. The van der Waals surface area contributed by atoms with Crippen LogP contribution in [0, 0.1) is 12.8 Å². The number of hydrogen-bond donors (Lipinski definition) is 2. The van der Waals surface area contributed by atoms with Crippen molar-refractivity contribution in [2.75, 3.05) is 6.61 Å². The lowest BCUT2D eigenvalue weighted by atomic mass is 10.00. The van der Waals surface area contributed by atoms with E-state index in [1.54, 1.807) is 37.5 Å². The molecule has 9 nitrogen and oxygen atoms in total. The van der Waals surface area contributed by atoms with E-state index in [4.69, 9.17) is 4.74 Å². The van der Waals surface area contributed by atoms with Crippen LogP contribution in [0.5, 0.6) is 0 Å². The number of hydrogen-bond acceptors (Lipinski definition) is 7. The van der Waals surface area contributed by atoms with Crippen molar-refractivity contribution >= 4 is 27.8 Å². The molecule has 4 heterocycles. The molecule has 0 saturated carbocycles. The van der Waals surface area contributed by atoms with Gasteiger partial charge < -0.3 is 4.74 Å². The second kappa shape index (κ2) is 8.51. The van der Waals surface area contributed by atoms with Gasteiger partial charge in [-0.3, -0.25) is 28.9 Å². The predicted molar refractivity (Wildman–Crippen MR) is 129 cm³/mol. The zero-order chi connectivity index (χ0) is 24.0. The van der Waals surface area contributed by atoms with Gasteiger partial charge in [0.25, 0.3) is 11.1 Å². The summed E-state index contributed by atoms with van der Waals surface area (Å²) in [7, 11) is 0. The molecule has 0 bridgehead atoms. The van der Waals surface area contributed by atoms with Gasteiger partial charge in [-0.05, 0) is 51.1 Å². The highest BCUT2D eigenvalue weighted by Crippen LogP contribution is 2.25. The van der Waals surface area contributed by atoms with Crippen molar-refractivity contribution in [3.63, 3.8) is 0 Å². The van der Waals surface area contributed by atoms with Crippen molar-refractivity contribution in [1.82, 2.24) is 25.0 Å². The molecule has 1 aliphatic heterocycles. The lowest BCUT2D eigenvalue weighted by Gasteiger charge is -2.21. The van der Waals surface area contributed by atoms with Crippen molar-refractivity contribution in [3.05, 3.63) is 81.1 Å². The number of pyridine rings is 3. The Labute approximate surface area is 195 Å². The monoisotopic (exact) mass is 459 g/mol. The molecule has 0 amide bonds. The van der Waals surface area contributed by atoms with E-state index in [1.807, 2.05) is 38.1 Å². The van der Waals surface area contributed by atoms with Gasteiger partial charge in [0.2, 0.25) is 0 Å². The fourth-order valence-electron chi connectivity index (χ4n) is 4.45. The molecule has 0 radical (unpaired) electrons. The number of carbonyl (C=O) groups is 1. The molecule has 1 aromatic carbocycles. The van der Waals surface area contributed by atoms with E-state index in [0.717, 1.165) is 11.3 Å². The first kappa shape index (κ1) is 22.0. The first-order valence-electron chi connectivity index (χ1n) is 11.2. The zero-order valence-electron chi connectivity index (χ0n) is 19.1. The summed E-state index contributed by atoms with van der Waals surface area (Å²) in [6.07, 6.45) is 2.66. The third-order valence-electron chi connectivity index (χ3n) is 6.28. The second-order valence-corrected chi connectivity index (χ2v) is 8.51. The molecule has 5 rings (SSSR count). The van der Waals surface area contributed by atoms with Crippen molar-refractivity contribution in [2.24, 2.45) is 5.92 Å². The average Bonchev–Trinajstić information content (AvgIpc) is 3.21. The Morgan fingerprint density at radius 1 is 1.00 bits per heavy atom. The topological polar surface area (TPSA) is 107 Å². The smallest absolute Gasteiger partial charge is 0.314 e. The van der Waals surface area contributed by atoms with Gasteiger partial charge in [-0.25, -0.2) is 10.4 Å². The van der Waals surface area contributed by atoms with Crippen LogP contribution in [-0.2, 0) is 9.53 Å². The minimum absolute atomic E-state index is 0.233. The van der Waals surface area contributed by atoms with Crippen LogP contribution in [-0.4, -0.2) is 32.7 Å². The van der Waals surface area contributed by atoms with E-state index in [-0.39, 0.29) is 29.7 Å². The number of aromatic nitrogens is 3. The summed E-state index contributed by atoms with van der Waals surface area (Å²) in [5, 5.41) is 0.649. The number of benzene rings is 1. The summed E-state index contributed by atoms with van der Waals surface area (Å²) in [5.74, 6) is -0.982. The Hall–Kier alpha value is -3.82. The highest BCUT2D eigenvalue weighted by Gasteiger charge is 2.41. The second-order valence-electron chi connectivity index (χ2n) is 8.51. The molecule has 2 N–H and O–H groups in total. The van der Waals surface area contributed by atoms with Gasteiger partial charge in [-0.2, -0.15) is 0 Å². The first-order chi connectivity index (χ1) is 16.4. The first-order valence-corrected chi connectivity index (χ1v) is 11.2. The Kier molecular flexibility index (Phi) is 5.51. The van der Waals surface area contributed by atoms with Gasteiger partial charge in [-0.1, -0.05) is 17.7 Å². The zero-order valence-corrected chi connectivity index (χ0v) is 19.1. The Morgan fingerprint density at radius 3 is 2.38 bits per heavy atom. The SMILES string of the molecule is CCOC(=O)C1C(C)NNC1n1ccc2nc3ccn(-c4ccc(C)cc4)c(=O)c3cc2c1=O.